The van der Waals surface area contributed by atoms with Crippen molar-refractivity contribution in [3.8, 4) is 5.69 Å². The third-order valence-corrected chi connectivity index (χ3v) is 4.83. The molecule has 1 unspecified atom stereocenters. The summed E-state index contributed by atoms with van der Waals surface area (Å²) < 4.78 is 1.75. The molecule has 0 saturated carbocycles. The van der Waals surface area contributed by atoms with E-state index in [-0.39, 0.29) is 17.4 Å². The predicted octanol–water partition coefficient (Wildman–Crippen LogP) is 3.66. The van der Waals surface area contributed by atoms with Crippen LogP contribution in [0.4, 0.5) is 5.82 Å². The number of hydrogen-bond donors (Lipinski definition) is 2. The van der Waals surface area contributed by atoms with Crippen molar-refractivity contribution in [3.05, 3.63) is 76.5 Å². The molecule has 6 nitrogen and oxygen atoms in total. The number of rotatable bonds is 3. The van der Waals surface area contributed by atoms with Crippen molar-refractivity contribution in [1.82, 2.24) is 9.78 Å². The molecule has 3 aromatic rings. The lowest BCUT2D eigenvalue weighted by molar-refractivity contribution is -0.116. The van der Waals surface area contributed by atoms with Gasteiger partial charge in [0.05, 0.1) is 17.4 Å². The van der Waals surface area contributed by atoms with Gasteiger partial charge in [-0.1, -0.05) is 18.2 Å². The molecule has 1 atom stereocenters. The summed E-state index contributed by atoms with van der Waals surface area (Å²) in [5.74, 6) is -0.535. The van der Waals surface area contributed by atoms with E-state index < -0.39 is 5.97 Å². The van der Waals surface area contributed by atoms with Gasteiger partial charge in [-0.05, 0) is 54.8 Å². The Labute approximate surface area is 156 Å². The summed E-state index contributed by atoms with van der Waals surface area (Å²) >= 11 is 0. The zero-order valence-electron chi connectivity index (χ0n) is 15.1. The van der Waals surface area contributed by atoms with Crippen LogP contribution >= 0.6 is 0 Å². The van der Waals surface area contributed by atoms with Gasteiger partial charge in [0, 0.05) is 17.9 Å². The highest BCUT2D eigenvalue weighted by Crippen LogP contribution is 2.38. The number of carboxylic acid groups (broad SMARTS) is 1. The minimum atomic E-state index is -0.966. The van der Waals surface area contributed by atoms with E-state index in [2.05, 4.69) is 16.5 Å². The fourth-order valence-electron chi connectivity index (χ4n) is 3.64. The third kappa shape index (κ3) is 3.10. The Bertz CT molecular complexity index is 1030. The number of nitrogens with zero attached hydrogens (tertiary/aromatic N) is 2. The Morgan fingerprint density at radius 2 is 1.81 bits per heavy atom. The van der Waals surface area contributed by atoms with Crippen LogP contribution in [0.25, 0.3) is 5.69 Å². The van der Waals surface area contributed by atoms with Gasteiger partial charge in [0.2, 0.25) is 5.91 Å². The first-order valence-corrected chi connectivity index (χ1v) is 8.72. The van der Waals surface area contributed by atoms with Crippen LogP contribution in [0.3, 0.4) is 0 Å². The fourth-order valence-corrected chi connectivity index (χ4v) is 3.64. The first kappa shape index (κ1) is 17.0. The maximum absolute atomic E-state index is 12.4. The van der Waals surface area contributed by atoms with Crippen LogP contribution in [0.15, 0.2) is 48.7 Å². The highest BCUT2D eigenvalue weighted by molar-refractivity contribution is 5.94. The molecule has 2 aromatic carbocycles. The second kappa shape index (κ2) is 6.39. The van der Waals surface area contributed by atoms with Gasteiger partial charge in [-0.3, -0.25) is 4.79 Å². The largest absolute Gasteiger partial charge is 0.478 e. The fraction of sp³-hybridized carbons (Fsp3) is 0.190. The molecule has 0 radical (unpaired) electrons. The van der Waals surface area contributed by atoms with Crippen LogP contribution in [0, 0.1) is 13.8 Å². The van der Waals surface area contributed by atoms with Gasteiger partial charge in [0.25, 0.3) is 0 Å². The number of aromatic carboxylic acids is 1. The molecule has 2 N–H and O–H groups in total. The summed E-state index contributed by atoms with van der Waals surface area (Å²) in [4.78, 5) is 23.4. The monoisotopic (exact) mass is 361 g/mol. The summed E-state index contributed by atoms with van der Waals surface area (Å²) in [6, 6.07) is 12.8. The molecule has 1 aliphatic rings. The number of carbonyl (C=O) groups excluding carboxylic acids is 1. The zero-order valence-corrected chi connectivity index (χ0v) is 15.1. The number of nitrogens with one attached hydrogen (secondary N) is 1. The van der Waals surface area contributed by atoms with E-state index in [0.29, 0.717) is 12.2 Å². The molecular formula is C21H19N3O3. The van der Waals surface area contributed by atoms with Gasteiger partial charge >= 0.3 is 5.97 Å². The molecule has 6 heteroatoms. The Kier molecular flexibility index (Phi) is 4.03. The number of amides is 1. The lowest BCUT2D eigenvalue weighted by atomic mass is 9.87. The Morgan fingerprint density at radius 3 is 2.44 bits per heavy atom. The average Bonchev–Trinajstić information content (AvgIpc) is 3.04. The van der Waals surface area contributed by atoms with Crippen LogP contribution in [0.1, 0.15) is 45.0 Å². The number of aryl methyl sites for hydroxylation is 2. The molecule has 0 aliphatic carbocycles. The standard InChI is InChI=1S/C21H19N3O3/c1-12-7-13(2)9-16(8-12)24-20-18(11-22-24)17(10-19(25)23-20)14-3-5-15(6-4-14)21(26)27/h3-9,11,17H,10H2,1-2H3,(H,23,25)(H,26,27). The smallest absolute Gasteiger partial charge is 0.335 e. The van der Waals surface area contributed by atoms with E-state index in [1.807, 2.05) is 26.0 Å². The van der Waals surface area contributed by atoms with Gasteiger partial charge in [-0.25, -0.2) is 9.48 Å². The quantitative estimate of drug-likeness (QED) is 0.746. The van der Waals surface area contributed by atoms with E-state index in [9.17, 15) is 9.59 Å². The summed E-state index contributed by atoms with van der Waals surface area (Å²) in [6.45, 7) is 4.05. The van der Waals surface area contributed by atoms with Crippen molar-refractivity contribution in [2.45, 2.75) is 26.2 Å². The van der Waals surface area contributed by atoms with E-state index in [1.54, 1.807) is 35.1 Å². The molecule has 4 rings (SSSR count). The molecule has 0 spiro atoms. The van der Waals surface area contributed by atoms with Crippen LogP contribution in [0.2, 0.25) is 0 Å². The number of fused-ring (bicyclic) bond motifs is 1. The van der Waals surface area contributed by atoms with Gasteiger partial charge in [-0.15, -0.1) is 0 Å². The topological polar surface area (TPSA) is 84.2 Å². The molecule has 0 bridgehead atoms. The highest BCUT2D eigenvalue weighted by Gasteiger charge is 2.30. The number of anilines is 1. The van der Waals surface area contributed by atoms with Crippen molar-refractivity contribution in [2.75, 3.05) is 5.32 Å². The van der Waals surface area contributed by atoms with Crippen molar-refractivity contribution in [3.63, 3.8) is 0 Å². The Morgan fingerprint density at radius 1 is 1.15 bits per heavy atom. The summed E-state index contributed by atoms with van der Waals surface area (Å²) in [5, 5.41) is 16.5. The molecule has 2 heterocycles. The minimum Gasteiger partial charge on any atom is -0.478 e. The first-order valence-electron chi connectivity index (χ1n) is 8.72. The highest BCUT2D eigenvalue weighted by atomic mass is 16.4. The van der Waals surface area contributed by atoms with Gasteiger partial charge in [0.1, 0.15) is 5.82 Å². The zero-order chi connectivity index (χ0) is 19.1. The lowest BCUT2D eigenvalue weighted by Gasteiger charge is -2.24. The van der Waals surface area contributed by atoms with Crippen molar-refractivity contribution in [2.24, 2.45) is 0 Å². The van der Waals surface area contributed by atoms with Crippen molar-refractivity contribution in [1.29, 1.82) is 0 Å². The summed E-state index contributed by atoms with van der Waals surface area (Å²) in [6.07, 6.45) is 2.08. The van der Waals surface area contributed by atoms with E-state index in [1.165, 1.54) is 0 Å². The predicted molar refractivity (Wildman–Crippen MR) is 102 cm³/mol. The second-order valence-electron chi connectivity index (χ2n) is 6.94. The van der Waals surface area contributed by atoms with Gasteiger partial charge < -0.3 is 10.4 Å². The van der Waals surface area contributed by atoms with Crippen molar-refractivity contribution >= 4 is 17.7 Å². The molecule has 136 valence electrons. The number of benzene rings is 2. The molecule has 1 aliphatic heterocycles. The molecule has 1 amide bonds. The molecule has 27 heavy (non-hydrogen) atoms. The number of hydrogen-bond acceptors (Lipinski definition) is 3. The van der Waals surface area contributed by atoms with Crippen molar-refractivity contribution < 1.29 is 14.7 Å². The molecule has 0 saturated heterocycles. The number of aromatic nitrogens is 2. The Balaban J connectivity index is 1.78. The number of carboxylic acids is 1. The summed E-state index contributed by atoms with van der Waals surface area (Å²) in [7, 11) is 0. The Hall–Kier alpha value is -3.41. The minimum absolute atomic E-state index is 0.0825. The maximum Gasteiger partial charge on any atom is 0.335 e. The van der Waals surface area contributed by atoms with Crippen LogP contribution in [0.5, 0.6) is 0 Å². The van der Waals surface area contributed by atoms with E-state index in [0.717, 1.165) is 27.9 Å². The molecule has 1 aromatic heterocycles. The van der Waals surface area contributed by atoms with Crippen LogP contribution in [-0.4, -0.2) is 26.8 Å². The SMILES string of the molecule is Cc1cc(C)cc(-n2ncc3c2NC(=O)CC3c2ccc(C(=O)O)cc2)c1. The average molecular weight is 361 g/mol. The maximum atomic E-state index is 12.4. The van der Waals surface area contributed by atoms with E-state index >= 15 is 0 Å². The third-order valence-electron chi connectivity index (χ3n) is 4.83. The summed E-state index contributed by atoms with van der Waals surface area (Å²) in [5.41, 5.74) is 5.20. The van der Waals surface area contributed by atoms with Crippen LogP contribution in [-0.2, 0) is 4.79 Å². The van der Waals surface area contributed by atoms with E-state index in [4.69, 9.17) is 5.11 Å². The molecule has 0 fully saturated rings. The van der Waals surface area contributed by atoms with Gasteiger partial charge in [0.15, 0.2) is 0 Å². The van der Waals surface area contributed by atoms with Crippen LogP contribution < -0.4 is 5.32 Å². The first-order chi connectivity index (χ1) is 12.9. The lowest BCUT2D eigenvalue weighted by Crippen LogP contribution is -2.24. The second-order valence-corrected chi connectivity index (χ2v) is 6.94. The van der Waals surface area contributed by atoms with Gasteiger partial charge in [-0.2, -0.15) is 5.10 Å². The molecular weight excluding hydrogens is 342 g/mol. The normalized spacial score (nSPS) is 15.9. The number of carbonyl (C=O) groups is 2.